The summed E-state index contributed by atoms with van der Waals surface area (Å²) in [5, 5.41) is 2.94. The van der Waals surface area contributed by atoms with E-state index in [4.69, 9.17) is 16.3 Å². The lowest BCUT2D eigenvalue weighted by Gasteiger charge is -2.12. The predicted molar refractivity (Wildman–Crippen MR) is 137 cm³/mol. The fraction of sp³-hybridized carbons (Fsp3) is 0.0345. The molecule has 178 valence electrons. The Labute approximate surface area is 212 Å². The van der Waals surface area contributed by atoms with Gasteiger partial charge in [-0.1, -0.05) is 84.4 Å². The molecule has 0 atom stereocenters. The van der Waals surface area contributed by atoms with Gasteiger partial charge in [-0.05, 0) is 30.3 Å². The van der Waals surface area contributed by atoms with Crippen LogP contribution in [0.5, 0.6) is 0 Å². The predicted octanol–water partition coefficient (Wildman–Crippen LogP) is 5.60. The molecule has 0 heterocycles. The number of ketones is 2. The van der Waals surface area contributed by atoms with Crippen LogP contribution in [0, 0.1) is 0 Å². The number of carbonyl (C=O) groups is 4. The van der Waals surface area contributed by atoms with E-state index in [1.54, 1.807) is 60.7 Å². The van der Waals surface area contributed by atoms with E-state index in [1.807, 2.05) is 6.07 Å². The first-order valence-corrected chi connectivity index (χ1v) is 11.4. The van der Waals surface area contributed by atoms with Gasteiger partial charge in [0.15, 0.2) is 18.2 Å². The van der Waals surface area contributed by atoms with E-state index >= 15 is 0 Å². The maximum atomic E-state index is 12.9. The first-order chi connectivity index (χ1) is 17.4. The van der Waals surface area contributed by atoms with Gasteiger partial charge in [0.1, 0.15) is 0 Å². The Balaban J connectivity index is 1.38. The molecule has 6 nitrogen and oxygen atoms in total. The number of rotatable bonds is 8. The zero-order valence-electron chi connectivity index (χ0n) is 18.9. The Morgan fingerprint density at radius 2 is 1.17 bits per heavy atom. The van der Waals surface area contributed by atoms with Crippen LogP contribution in [0.15, 0.2) is 103 Å². The van der Waals surface area contributed by atoms with Crippen molar-refractivity contribution in [1.29, 1.82) is 0 Å². The highest BCUT2D eigenvalue weighted by Crippen LogP contribution is 2.24. The van der Waals surface area contributed by atoms with Gasteiger partial charge in [0.25, 0.3) is 5.91 Å². The summed E-state index contributed by atoms with van der Waals surface area (Å²) in [6.45, 7) is -0.564. The van der Waals surface area contributed by atoms with E-state index in [0.717, 1.165) is 0 Å². The number of amides is 1. The number of hydrogen-bond donors (Lipinski definition) is 1. The van der Waals surface area contributed by atoms with Crippen molar-refractivity contribution in [3.8, 4) is 0 Å². The molecule has 36 heavy (non-hydrogen) atoms. The Hall–Kier alpha value is -4.55. The average Bonchev–Trinajstić information content (AvgIpc) is 2.93. The van der Waals surface area contributed by atoms with E-state index in [9.17, 15) is 19.2 Å². The Morgan fingerprint density at radius 3 is 1.78 bits per heavy atom. The fourth-order valence-electron chi connectivity index (χ4n) is 3.47. The Morgan fingerprint density at radius 1 is 0.639 bits per heavy atom. The lowest BCUT2D eigenvalue weighted by atomic mass is 10.0. The second-order valence-electron chi connectivity index (χ2n) is 7.78. The van der Waals surface area contributed by atoms with Crippen LogP contribution in [-0.4, -0.2) is 30.0 Å². The van der Waals surface area contributed by atoms with Gasteiger partial charge in [-0.3, -0.25) is 14.4 Å². The van der Waals surface area contributed by atoms with Gasteiger partial charge >= 0.3 is 5.97 Å². The number of nitrogens with one attached hydrogen (secondary N) is 1. The van der Waals surface area contributed by atoms with Crippen LogP contribution in [0.3, 0.4) is 0 Å². The fourth-order valence-corrected chi connectivity index (χ4v) is 3.65. The van der Waals surface area contributed by atoms with Gasteiger partial charge in [0.2, 0.25) is 0 Å². The molecule has 0 aromatic heterocycles. The first kappa shape index (κ1) is 24.6. The molecule has 4 aromatic carbocycles. The molecule has 0 spiro atoms. The summed E-state index contributed by atoms with van der Waals surface area (Å²) < 4.78 is 5.11. The van der Waals surface area contributed by atoms with Gasteiger partial charge < -0.3 is 10.1 Å². The van der Waals surface area contributed by atoms with Crippen molar-refractivity contribution in [3.63, 3.8) is 0 Å². The smallest absolute Gasteiger partial charge is 0.338 e. The lowest BCUT2D eigenvalue weighted by molar-refractivity contribution is -0.119. The van der Waals surface area contributed by atoms with E-state index in [2.05, 4.69) is 5.32 Å². The summed E-state index contributed by atoms with van der Waals surface area (Å²) >= 11 is 6.07. The molecule has 1 N–H and O–H groups in total. The van der Waals surface area contributed by atoms with E-state index in [0.29, 0.717) is 21.7 Å². The van der Waals surface area contributed by atoms with Gasteiger partial charge in [0.05, 0.1) is 11.3 Å². The molecule has 0 saturated carbocycles. The monoisotopic (exact) mass is 497 g/mol. The number of esters is 1. The topological polar surface area (TPSA) is 89.5 Å². The van der Waals surface area contributed by atoms with E-state index < -0.39 is 18.5 Å². The van der Waals surface area contributed by atoms with Crippen molar-refractivity contribution in [1.82, 2.24) is 0 Å². The van der Waals surface area contributed by atoms with Gasteiger partial charge in [-0.25, -0.2) is 4.79 Å². The zero-order chi connectivity index (χ0) is 25.5. The maximum absolute atomic E-state index is 12.9. The van der Waals surface area contributed by atoms with Gasteiger partial charge in [-0.2, -0.15) is 0 Å². The molecule has 0 unspecified atom stereocenters. The summed E-state index contributed by atoms with van der Waals surface area (Å²) in [5.74, 6) is -1.82. The first-order valence-electron chi connectivity index (χ1n) is 11.0. The second kappa shape index (κ2) is 11.3. The third-order valence-electron chi connectivity index (χ3n) is 5.29. The number of anilines is 1. The molecule has 0 saturated heterocycles. The number of benzene rings is 4. The molecule has 7 heteroatoms. The molecule has 4 aromatic rings. The summed E-state index contributed by atoms with van der Waals surface area (Å²) in [6, 6.07) is 27.9. The molecule has 0 fully saturated rings. The van der Waals surface area contributed by atoms with Crippen molar-refractivity contribution in [2.24, 2.45) is 0 Å². The standard InChI is InChI=1S/C29H20ClNO5/c30-23-15-16-25(24(17-23)28(34)20-9-5-2-6-10-20)31-26(32)18-36-29(35)22-13-11-21(12-14-22)27(33)19-7-3-1-4-8-19/h1-17H,18H2,(H,31,32). The highest BCUT2D eigenvalue weighted by molar-refractivity contribution is 6.31. The van der Waals surface area contributed by atoms with Crippen LogP contribution in [-0.2, 0) is 9.53 Å². The summed E-state index contributed by atoms with van der Waals surface area (Å²) in [5.41, 5.74) is 2.06. The van der Waals surface area contributed by atoms with Crippen molar-refractivity contribution in [2.75, 3.05) is 11.9 Å². The third kappa shape index (κ3) is 5.92. The van der Waals surface area contributed by atoms with Crippen LogP contribution in [0.1, 0.15) is 42.2 Å². The van der Waals surface area contributed by atoms with Crippen molar-refractivity contribution < 1.29 is 23.9 Å². The van der Waals surface area contributed by atoms with Crippen molar-refractivity contribution in [3.05, 3.63) is 136 Å². The summed E-state index contributed by atoms with van der Waals surface area (Å²) in [4.78, 5) is 50.3. The lowest BCUT2D eigenvalue weighted by Crippen LogP contribution is -2.22. The largest absolute Gasteiger partial charge is 0.452 e. The average molecular weight is 498 g/mol. The number of halogens is 1. The van der Waals surface area contributed by atoms with Gasteiger partial charge in [0, 0.05) is 27.3 Å². The second-order valence-corrected chi connectivity index (χ2v) is 8.22. The van der Waals surface area contributed by atoms with E-state index in [-0.39, 0.29) is 28.4 Å². The molecule has 0 radical (unpaired) electrons. The Kier molecular flexibility index (Phi) is 7.68. The minimum Gasteiger partial charge on any atom is -0.452 e. The molecule has 1 amide bonds. The molecule has 0 bridgehead atoms. The van der Waals surface area contributed by atoms with Crippen LogP contribution < -0.4 is 5.32 Å². The summed E-state index contributed by atoms with van der Waals surface area (Å²) in [7, 11) is 0. The molecule has 0 aliphatic carbocycles. The SMILES string of the molecule is O=C(COC(=O)c1ccc(C(=O)c2ccccc2)cc1)Nc1ccc(Cl)cc1C(=O)c1ccccc1. The third-order valence-corrected chi connectivity index (χ3v) is 5.52. The number of hydrogen-bond acceptors (Lipinski definition) is 5. The molecular weight excluding hydrogens is 478 g/mol. The molecular formula is C29H20ClNO5. The minimum atomic E-state index is -0.722. The van der Waals surface area contributed by atoms with Crippen LogP contribution in [0.4, 0.5) is 5.69 Å². The van der Waals surface area contributed by atoms with Crippen molar-refractivity contribution >= 4 is 40.7 Å². The molecule has 0 aliphatic heterocycles. The van der Waals surface area contributed by atoms with Crippen LogP contribution in [0.25, 0.3) is 0 Å². The maximum Gasteiger partial charge on any atom is 0.338 e. The highest BCUT2D eigenvalue weighted by atomic mass is 35.5. The highest BCUT2D eigenvalue weighted by Gasteiger charge is 2.17. The van der Waals surface area contributed by atoms with Crippen LogP contribution >= 0.6 is 11.6 Å². The van der Waals surface area contributed by atoms with Crippen molar-refractivity contribution in [2.45, 2.75) is 0 Å². The quantitative estimate of drug-likeness (QED) is 0.253. The number of carbonyl (C=O) groups excluding carboxylic acids is 4. The van der Waals surface area contributed by atoms with Crippen LogP contribution in [0.2, 0.25) is 5.02 Å². The number of ether oxygens (including phenoxy) is 1. The minimum absolute atomic E-state index is 0.168. The van der Waals surface area contributed by atoms with E-state index in [1.165, 1.54) is 36.4 Å². The molecule has 0 aliphatic rings. The Bertz CT molecular complexity index is 1420. The zero-order valence-corrected chi connectivity index (χ0v) is 19.7. The van der Waals surface area contributed by atoms with Gasteiger partial charge in [-0.15, -0.1) is 0 Å². The summed E-state index contributed by atoms with van der Waals surface area (Å²) in [6.07, 6.45) is 0. The molecule has 4 rings (SSSR count). The normalized spacial score (nSPS) is 10.4.